The van der Waals surface area contributed by atoms with Crippen LogP contribution in [0.1, 0.15) is 23.0 Å². The molecule has 2 aromatic heterocycles. The average Bonchev–Trinajstić information content (AvgIpc) is 2.69. The largest absolute Gasteiger partial charge is 0.352 e. The van der Waals surface area contributed by atoms with Gasteiger partial charge in [-0.1, -0.05) is 0 Å². The Labute approximate surface area is 127 Å². The van der Waals surface area contributed by atoms with Gasteiger partial charge >= 0.3 is 0 Å². The van der Waals surface area contributed by atoms with Crippen molar-refractivity contribution in [1.29, 1.82) is 0 Å². The minimum Gasteiger partial charge on any atom is -0.352 e. The maximum atomic E-state index is 13.2. The second-order valence-electron chi connectivity index (χ2n) is 4.30. The maximum Gasteiger partial charge on any atom is 0.275 e. The number of nitrogens with one attached hydrogen (secondary N) is 1. The molecule has 0 bridgehead atoms. The molecule has 2 heterocycles. The highest BCUT2D eigenvalue weighted by Gasteiger charge is 2.24. The second kappa shape index (κ2) is 5.61. The van der Waals surface area contributed by atoms with Gasteiger partial charge in [0.15, 0.2) is 12.3 Å². The summed E-state index contributed by atoms with van der Waals surface area (Å²) in [5.74, 6) is -0.322. The van der Waals surface area contributed by atoms with Gasteiger partial charge in [-0.2, -0.15) is 0 Å². The molecule has 0 unspecified atom stereocenters. The summed E-state index contributed by atoms with van der Waals surface area (Å²) in [7, 11) is 1.58. The van der Waals surface area contributed by atoms with Gasteiger partial charge in [0, 0.05) is 35.3 Å². The van der Waals surface area contributed by atoms with Gasteiger partial charge in [-0.25, -0.2) is 0 Å². The highest BCUT2D eigenvalue weighted by molar-refractivity contribution is 9.10. The molecule has 0 fully saturated rings. The third-order valence-corrected chi connectivity index (χ3v) is 4.25. The Morgan fingerprint density at radius 2 is 2.20 bits per heavy atom. The molecular formula is C12H13BrFN3O2S. The van der Waals surface area contributed by atoms with Crippen LogP contribution < -0.4 is 10.9 Å². The van der Waals surface area contributed by atoms with Crippen molar-refractivity contribution in [2.75, 3.05) is 6.54 Å². The lowest BCUT2D eigenvalue weighted by atomic mass is 10.1. The first-order valence-corrected chi connectivity index (χ1v) is 7.38. The number of amides is 1. The third-order valence-electron chi connectivity index (χ3n) is 3.06. The van der Waals surface area contributed by atoms with E-state index in [1.165, 1.54) is 4.57 Å². The van der Waals surface area contributed by atoms with Gasteiger partial charge in [-0.3, -0.25) is 13.6 Å². The number of hydrogen-bond donors (Lipinski definition) is 1. The number of rotatable bonds is 3. The fourth-order valence-electron chi connectivity index (χ4n) is 2.17. The molecular weight excluding hydrogens is 349 g/mol. The normalized spacial score (nSPS) is 11.1. The quantitative estimate of drug-likeness (QED) is 0.913. The minimum atomic E-state index is -0.355. The summed E-state index contributed by atoms with van der Waals surface area (Å²) in [6.07, 6.45) is 1.57. The van der Waals surface area contributed by atoms with Crippen molar-refractivity contribution in [1.82, 2.24) is 13.9 Å². The predicted molar refractivity (Wildman–Crippen MR) is 81.7 cm³/mol. The van der Waals surface area contributed by atoms with E-state index in [4.69, 9.17) is 0 Å². The first kappa shape index (κ1) is 15.1. The Hall–Kier alpha value is -1.28. The highest BCUT2D eigenvalue weighted by atomic mass is 79.9. The van der Waals surface area contributed by atoms with E-state index in [9.17, 15) is 13.5 Å². The van der Waals surface area contributed by atoms with E-state index in [-0.39, 0.29) is 29.3 Å². The van der Waals surface area contributed by atoms with Crippen LogP contribution in [0.3, 0.4) is 0 Å². The van der Waals surface area contributed by atoms with Crippen LogP contribution in [0, 0.1) is 6.92 Å². The molecule has 8 heteroatoms. The summed E-state index contributed by atoms with van der Waals surface area (Å²) in [5.41, 5.74) is 0.527. The van der Waals surface area contributed by atoms with Gasteiger partial charge in [0.2, 0.25) is 0 Å². The Bertz CT molecular complexity index is 753. The smallest absolute Gasteiger partial charge is 0.275 e. The molecule has 1 amide bonds. The van der Waals surface area contributed by atoms with E-state index in [0.717, 1.165) is 3.97 Å². The van der Waals surface area contributed by atoms with Gasteiger partial charge in [0.05, 0.1) is 5.56 Å². The molecule has 0 aliphatic rings. The van der Waals surface area contributed by atoms with Gasteiger partial charge in [-0.15, -0.1) is 3.89 Å². The molecule has 0 atom stereocenters. The fourth-order valence-corrected chi connectivity index (χ4v) is 3.30. The van der Waals surface area contributed by atoms with Gasteiger partial charge in [-0.05, 0) is 29.8 Å². The number of pyridine rings is 1. The molecule has 1 N–H and O–H groups in total. The minimum absolute atomic E-state index is 0.0847. The molecule has 0 spiro atoms. The summed E-state index contributed by atoms with van der Waals surface area (Å²) in [5, 5.41) is 3.11. The van der Waals surface area contributed by atoms with Crippen molar-refractivity contribution in [3.05, 3.63) is 32.3 Å². The van der Waals surface area contributed by atoms with Gasteiger partial charge in [0.25, 0.3) is 11.5 Å². The summed E-state index contributed by atoms with van der Waals surface area (Å²) in [4.78, 5) is 24.4. The van der Waals surface area contributed by atoms with Gasteiger partial charge < -0.3 is 9.88 Å². The third kappa shape index (κ3) is 2.16. The summed E-state index contributed by atoms with van der Waals surface area (Å²) >= 11 is 3.26. The van der Waals surface area contributed by atoms with Crippen LogP contribution in [0.2, 0.25) is 0 Å². The molecule has 5 nitrogen and oxygen atoms in total. The Kier molecular flexibility index (Phi) is 4.24. The van der Waals surface area contributed by atoms with Crippen molar-refractivity contribution >= 4 is 45.1 Å². The zero-order chi connectivity index (χ0) is 15.0. The SMILES string of the molecule is CCNC(=O)c1c(C)n(SF)c2c(=O)n(C)cc(Br)c12. The number of fused-ring (bicyclic) bond motifs is 1. The van der Waals surface area contributed by atoms with Crippen molar-refractivity contribution in [2.45, 2.75) is 13.8 Å². The molecule has 2 aromatic rings. The molecule has 0 aromatic carbocycles. The van der Waals surface area contributed by atoms with Gasteiger partial charge in [0.1, 0.15) is 5.52 Å². The summed E-state index contributed by atoms with van der Waals surface area (Å²) in [6.45, 7) is 3.86. The standard InChI is InChI=1S/C12H13BrFN3O2S/c1-4-15-11(18)8-6(2)17(20-14)10-9(8)7(13)5-16(3)12(10)19/h5H,4H2,1-3H3,(H,15,18). The van der Waals surface area contributed by atoms with Crippen LogP contribution in [-0.2, 0) is 7.05 Å². The number of carbonyl (C=O) groups is 1. The monoisotopic (exact) mass is 361 g/mol. The van der Waals surface area contributed by atoms with E-state index in [1.54, 1.807) is 27.1 Å². The molecule has 0 radical (unpaired) electrons. The number of aromatic nitrogens is 2. The van der Waals surface area contributed by atoms with Crippen molar-refractivity contribution in [3.63, 3.8) is 0 Å². The number of nitrogens with zero attached hydrogens (tertiary/aromatic N) is 2. The number of aryl methyl sites for hydroxylation is 1. The molecule has 108 valence electrons. The molecule has 0 aliphatic heterocycles. The predicted octanol–water partition coefficient (Wildman–Crippen LogP) is 2.54. The van der Waals surface area contributed by atoms with E-state index < -0.39 is 0 Å². The molecule has 0 aliphatic carbocycles. The van der Waals surface area contributed by atoms with Crippen molar-refractivity contribution in [3.8, 4) is 0 Å². The van der Waals surface area contributed by atoms with E-state index in [0.29, 0.717) is 27.7 Å². The zero-order valence-corrected chi connectivity index (χ0v) is 13.6. The summed E-state index contributed by atoms with van der Waals surface area (Å²) in [6, 6.07) is 0. The van der Waals surface area contributed by atoms with Crippen LogP contribution in [-0.4, -0.2) is 21.0 Å². The lowest BCUT2D eigenvalue weighted by Crippen LogP contribution is -2.23. The highest BCUT2D eigenvalue weighted by Crippen LogP contribution is 2.32. The Morgan fingerprint density at radius 1 is 1.55 bits per heavy atom. The second-order valence-corrected chi connectivity index (χ2v) is 5.66. The molecule has 20 heavy (non-hydrogen) atoms. The first-order valence-electron chi connectivity index (χ1n) is 5.91. The van der Waals surface area contributed by atoms with E-state index in [2.05, 4.69) is 21.2 Å². The number of carbonyl (C=O) groups excluding carboxylic acids is 1. The summed E-state index contributed by atoms with van der Waals surface area (Å²) < 4.78 is 16.3. The number of halogens is 2. The Morgan fingerprint density at radius 3 is 2.75 bits per heavy atom. The molecule has 2 rings (SSSR count). The molecule has 0 saturated carbocycles. The van der Waals surface area contributed by atoms with Crippen LogP contribution >= 0.6 is 28.3 Å². The van der Waals surface area contributed by atoms with Crippen LogP contribution in [0.5, 0.6) is 0 Å². The van der Waals surface area contributed by atoms with Crippen LogP contribution in [0.15, 0.2) is 15.5 Å². The maximum absolute atomic E-state index is 13.2. The zero-order valence-electron chi connectivity index (χ0n) is 11.2. The van der Waals surface area contributed by atoms with E-state index >= 15 is 0 Å². The fraction of sp³-hybridized carbons (Fsp3) is 0.333. The molecule has 0 saturated heterocycles. The first-order chi connectivity index (χ1) is 9.43. The Balaban J connectivity index is 2.96. The lowest BCUT2D eigenvalue weighted by Gasteiger charge is -2.04. The number of hydrogen-bond acceptors (Lipinski definition) is 3. The van der Waals surface area contributed by atoms with E-state index in [1.807, 2.05) is 0 Å². The average molecular weight is 362 g/mol. The lowest BCUT2D eigenvalue weighted by molar-refractivity contribution is 0.0957. The van der Waals surface area contributed by atoms with Crippen molar-refractivity contribution in [2.24, 2.45) is 7.05 Å². The van der Waals surface area contributed by atoms with Crippen molar-refractivity contribution < 1.29 is 8.68 Å². The van der Waals surface area contributed by atoms with Crippen LogP contribution in [0.25, 0.3) is 10.9 Å². The topological polar surface area (TPSA) is 56.0 Å². The van der Waals surface area contributed by atoms with Crippen LogP contribution in [0.4, 0.5) is 3.89 Å².